The van der Waals surface area contributed by atoms with Crippen LogP contribution < -0.4 is 0 Å². The number of nitrogens with zero attached hydrogens (tertiary/aromatic N) is 3. The predicted octanol–water partition coefficient (Wildman–Crippen LogP) is 3.11. The molecule has 2 atom stereocenters. The molecule has 1 aliphatic rings. The Hall–Kier alpha value is -1.57. The van der Waals surface area contributed by atoms with Crippen LogP contribution in [-0.2, 0) is 17.7 Å². The third kappa shape index (κ3) is 2.76. The van der Waals surface area contributed by atoms with E-state index in [9.17, 15) is 0 Å². The Morgan fingerprint density at radius 2 is 2.38 bits per heavy atom. The van der Waals surface area contributed by atoms with E-state index in [4.69, 9.17) is 21.6 Å². The quantitative estimate of drug-likeness (QED) is 0.815. The first-order chi connectivity index (χ1) is 10.2. The number of benzene rings is 1. The Morgan fingerprint density at radius 3 is 3.05 bits per heavy atom. The molecule has 0 bridgehead atoms. The summed E-state index contributed by atoms with van der Waals surface area (Å²) in [5.41, 5.74) is 2.62. The predicted molar refractivity (Wildman–Crippen MR) is 82.4 cm³/mol. The minimum atomic E-state index is 0.269. The van der Waals surface area contributed by atoms with Crippen molar-refractivity contribution in [3.8, 4) is 6.07 Å². The molecule has 1 aromatic carbocycles. The van der Waals surface area contributed by atoms with E-state index in [0.717, 1.165) is 42.9 Å². The number of aromatic nitrogens is 2. The highest BCUT2D eigenvalue weighted by Crippen LogP contribution is 2.26. The molecule has 1 fully saturated rings. The highest BCUT2D eigenvalue weighted by Gasteiger charge is 2.26. The molecule has 1 aliphatic heterocycles. The fraction of sp³-hybridized carbons (Fsp3) is 0.500. The van der Waals surface area contributed by atoms with Crippen LogP contribution in [0.4, 0.5) is 0 Å². The molecule has 2 aromatic rings. The molecule has 0 radical (unpaired) electrons. The molecule has 1 saturated heterocycles. The summed E-state index contributed by atoms with van der Waals surface area (Å²) in [7, 11) is 0. The SMILES string of the molecule is CC1OCCC1Cn1c(CCCl)nc2ccc(C#N)cc21. The lowest BCUT2D eigenvalue weighted by Crippen LogP contribution is -2.19. The van der Waals surface area contributed by atoms with Gasteiger partial charge in [0.2, 0.25) is 0 Å². The monoisotopic (exact) mass is 303 g/mol. The lowest BCUT2D eigenvalue weighted by atomic mass is 10.0. The zero-order valence-electron chi connectivity index (χ0n) is 12.1. The fourth-order valence-electron chi connectivity index (χ4n) is 2.97. The topological polar surface area (TPSA) is 50.8 Å². The van der Waals surface area contributed by atoms with Crippen LogP contribution in [0.2, 0.25) is 0 Å². The van der Waals surface area contributed by atoms with Gasteiger partial charge in [0.25, 0.3) is 0 Å². The van der Waals surface area contributed by atoms with Crippen LogP contribution in [-0.4, -0.2) is 28.1 Å². The third-order valence-corrected chi connectivity index (χ3v) is 4.41. The molecule has 21 heavy (non-hydrogen) atoms. The van der Waals surface area contributed by atoms with Gasteiger partial charge < -0.3 is 9.30 Å². The highest BCUT2D eigenvalue weighted by atomic mass is 35.5. The van der Waals surface area contributed by atoms with E-state index in [-0.39, 0.29) is 6.10 Å². The molecule has 2 heterocycles. The molecule has 5 heteroatoms. The number of imidazole rings is 1. The highest BCUT2D eigenvalue weighted by molar-refractivity contribution is 6.17. The summed E-state index contributed by atoms with van der Waals surface area (Å²) in [4.78, 5) is 4.67. The smallest absolute Gasteiger partial charge is 0.111 e. The Morgan fingerprint density at radius 1 is 1.52 bits per heavy atom. The number of hydrogen-bond acceptors (Lipinski definition) is 3. The van der Waals surface area contributed by atoms with Gasteiger partial charge in [-0.3, -0.25) is 0 Å². The summed E-state index contributed by atoms with van der Waals surface area (Å²) in [6.45, 7) is 3.82. The van der Waals surface area contributed by atoms with E-state index >= 15 is 0 Å². The second kappa shape index (κ2) is 6.05. The number of aryl methyl sites for hydroxylation is 1. The van der Waals surface area contributed by atoms with Gasteiger partial charge in [0.15, 0.2) is 0 Å². The first-order valence-corrected chi connectivity index (χ1v) is 7.83. The van der Waals surface area contributed by atoms with Crippen molar-refractivity contribution >= 4 is 22.6 Å². The molecule has 4 nitrogen and oxygen atoms in total. The maximum atomic E-state index is 9.10. The van der Waals surface area contributed by atoms with Gasteiger partial charge in [-0.15, -0.1) is 11.6 Å². The number of alkyl halides is 1. The van der Waals surface area contributed by atoms with Gasteiger partial charge in [0, 0.05) is 31.4 Å². The van der Waals surface area contributed by atoms with Gasteiger partial charge in [0.05, 0.1) is 28.8 Å². The summed E-state index contributed by atoms with van der Waals surface area (Å²) in [6, 6.07) is 7.84. The Labute approximate surface area is 129 Å². The van der Waals surface area contributed by atoms with E-state index in [0.29, 0.717) is 17.4 Å². The van der Waals surface area contributed by atoms with Crippen molar-refractivity contribution in [3.05, 3.63) is 29.6 Å². The lowest BCUT2D eigenvalue weighted by Gasteiger charge is -2.17. The van der Waals surface area contributed by atoms with E-state index in [1.807, 2.05) is 18.2 Å². The zero-order chi connectivity index (χ0) is 14.8. The molecule has 0 saturated carbocycles. The van der Waals surface area contributed by atoms with Crippen molar-refractivity contribution in [2.75, 3.05) is 12.5 Å². The van der Waals surface area contributed by atoms with Crippen LogP contribution in [0.3, 0.4) is 0 Å². The second-order valence-corrected chi connectivity index (χ2v) is 5.90. The first kappa shape index (κ1) is 14.4. The molecule has 0 amide bonds. The molecule has 2 unspecified atom stereocenters. The standard InChI is InChI=1S/C16H18ClN3O/c1-11-13(5-7-21-11)10-20-15-8-12(9-18)2-3-14(15)19-16(20)4-6-17/h2-3,8,11,13H,4-7,10H2,1H3. The average molecular weight is 304 g/mol. The largest absolute Gasteiger partial charge is 0.378 e. The normalized spacial score (nSPS) is 21.8. The molecule has 0 spiro atoms. The summed E-state index contributed by atoms with van der Waals surface area (Å²) in [6.07, 6.45) is 2.07. The molecule has 110 valence electrons. The fourth-order valence-corrected chi connectivity index (χ4v) is 3.14. The summed E-state index contributed by atoms with van der Waals surface area (Å²) >= 11 is 5.91. The summed E-state index contributed by atoms with van der Waals surface area (Å²) in [5, 5.41) is 9.10. The zero-order valence-corrected chi connectivity index (χ0v) is 12.8. The molecule has 1 aromatic heterocycles. The van der Waals surface area contributed by atoms with Crippen molar-refractivity contribution in [2.45, 2.75) is 32.4 Å². The Kier molecular flexibility index (Phi) is 4.14. The maximum Gasteiger partial charge on any atom is 0.111 e. The molecular weight excluding hydrogens is 286 g/mol. The van der Waals surface area contributed by atoms with E-state index in [2.05, 4.69) is 22.5 Å². The molecular formula is C16H18ClN3O. The Balaban J connectivity index is 2.03. The minimum absolute atomic E-state index is 0.269. The lowest BCUT2D eigenvalue weighted by molar-refractivity contribution is 0.102. The van der Waals surface area contributed by atoms with E-state index in [1.54, 1.807) is 0 Å². The van der Waals surface area contributed by atoms with Crippen LogP contribution in [0.5, 0.6) is 0 Å². The number of ether oxygens (including phenoxy) is 1. The van der Waals surface area contributed by atoms with E-state index in [1.165, 1.54) is 0 Å². The third-order valence-electron chi connectivity index (χ3n) is 4.22. The van der Waals surface area contributed by atoms with Crippen LogP contribution in [0.15, 0.2) is 18.2 Å². The number of hydrogen-bond donors (Lipinski definition) is 0. The van der Waals surface area contributed by atoms with Gasteiger partial charge in [-0.25, -0.2) is 4.98 Å². The van der Waals surface area contributed by atoms with Gasteiger partial charge in [-0.2, -0.15) is 5.26 Å². The average Bonchev–Trinajstić information content (AvgIpc) is 3.04. The molecule has 0 N–H and O–H groups in total. The van der Waals surface area contributed by atoms with Crippen molar-refractivity contribution in [1.29, 1.82) is 5.26 Å². The van der Waals surface area contributed by atoms with Crippen molar-refractivity contribution in [2.24, 2.45) is 5.92 Å². The number of fused-ring (bicyclic) bond motifs is 1. The second-order valence-electron chi connectivity index (χ2n) is 5.52. The van der Waals surface area contributed by atoms with Crippen molar-refractivity contribution in [3.63, 3.8) is 0 Å². The van der Waals surface area contributed by atoms with Crippen LogP contribution in [0.25, 0.3) is 11.0 Å². The first-order valence-electron chi connectivity index (χ1n) is 7.29. The molecule has 0 aliphatic carbocycles. The Bertz CT molecular complexity index is 689. The molecule has 3 rings (SSSR count). The number of rotatable bonds is 4. The van der Waals surface area contributed by atoms with Crippen molar-refractivity contribution in [1.82, 2.24) is 9.55 Å². The van der Waals surface area contributed by atoms with Gasteiger partial charge >= 0.3 is 0 Å². The van der Waals surface area contributed by atoms with Crippen LogP contribution in [0, 0.1) is 17.2 Å². The van der Waals surface area contributed by atoms with Gasteiger partial charge in [0.1, 0.15) is 5.82 Å². The van der Waals surface area contributed by atoms with E-state index < -0.39 is 0 Å². The van der Waals surface area contributed by atoms with Gasteiger partial charge in [-0.1, -0.05) is 0 Å². The number of nitriles is 1. The van der Waals surface area contributed by atoms with Gasteiger partial charge in [-0.05, 0) is 31.5 Å². The number of halogens is 1. The minimum Gasteiger partial charge on any atom is -0.378 e. The summed E-state index contributed by atoms with van der Waals surface area (Å²) < 4.78 is 7.88. The maximum absolute atomic E-state index is 9.10. The van der Waals surface area contributed by atoms with Crippen LogP contribution in [0.1, 0.15) is 24.7 Å². The van der Waals surface area contributed by atoms with Crippen molar-refractivity contribution < 1.29 is 4.74 Å². The summed E-state index contributed by atoms with van der Waals surface area (Å²) in [5.74, 6) is 2.03. The van der Waals surface area contributed by atoms with Crippen LogP contribution >= 0.6 is 11.6 Å².